The lowest BCUT2D eigenvalue weighted by molar-refractivity contribution is 0.0512. The summed E-state index contributed by atoms with van der Waals surface area (Å²) >= 11 is 0. The molecule has 1 fully saturated rings. The summed E-state index contributed by atoms with van der Waals surface area (Å²) in [6, 6.07) is 11.5. The molecule has 33 heavy (non-hydrogen) atoms. The highest BCUT2D eigenvalue weighted by Crippen LogP contribution is 2.28. The molecule has 0 bridgehead atoms. The van der Waals surface area contributed by atoms with E-state index in [0.717, 1.165) is 42.5 Å². The lowest BCUT2D eigenvalue weighted by Crippen LogP contribution is -2.37. The van der Waals surface area contributed by atoms with Gasteiger partial charge in [0.15, 0.2) is 0 Å². The minimum absolute atomic E-state index is 0.0778. The van der Waals surface area contributed by atoms with Crippen LogP contribution < -0.4 is 16.4 Å². The maximum atomic E-state index is 12.7. The van der Waals surface area contributed by atoms with Crippen molar-refractivity contribution in [2.24, 2.45) is 17.6 Å². The number of benzene rings is 1. The molecular formula is C26H36N4O3. The summed E-state index contributed by atoms with van der Waals surface area (Å²) in [7, 11) is 0. The predicted octanol–water partition coefficient (Wildman–Crippen LogP) is 4.27. The fraction of sp³-hybridized carbons (Fsp3) is 0.500. The summed E-state index contributed by atoms with van der Waals surface area (Å²) < 4.78 is 5.30. The van der Waals surface area contributed by atoms with Crippen LogP contribution in [-0.4, -0.2) is 35.7 Å². The molecule has 0 radical (unpaired) electrons. The monoisotopic (exact) mass is 452 g/mol. The van der Waals surface area contributed by atoms with Crippen molar-refractivity contribution >= 4 is 12.0 Å². The van der Waals surface area contributed by atoms with E-state index < -0.39 is 5.60 Å². The standard InChI is InChI=1S/C26H36N4O3/c1-26(2,3)33-25(32)30-17-20-6-4-19(5-7-20)16-29-24(31)22-12-13-28-23(14-22)21-10-8-18(15-27)9-11-21/h8-14,19-20H,4-7,15-17,27H2,1-3H3,(H,29,31)(H,30,32). The normalized spacial score (nSPS) is 18.4. The molecule has 0 atom stereocenters. The third-order valence-corrected chi connectivity index (χ3v) is 5.96. The Morgan fingerprint density at radius 3 is 2.18 bits per heavy atom. The van der Waals surface area contributed by atoms with Crippen molar-refractivity contribution in [3.63, 3.8) is 0 Å². The molecular weight excluding hydrogens is 416 g/mol. The van der Waals surface area contributed by atoms with Crippen LogP contribution in [0, 0.1) is 11.8 Å². The third-order valence-electron chi connectivity index (χ3n) is 5.96. The van der Waals surface area contributed by atoms with E-state index in [4.69, 9.17) is 10.5 Å². The van der Waals surface area contributed by atoms with Gasteiger partial charge in [0.25, 0.3) is 5.91 Å². The number of carbonyl (C=O) groups is 2. The van der Waals surface area contributed by atoms with Crippen LogP contribution in [0.25, 0.3) is 11.3 Å². The molecule has 7 heteroatoms. The van der Waals surface area contributed by atoms with E-state index in [2.05, 4.69) is 15.6 Å². The number of amides is 2. The second-order valence-electron chi connectivity index (χ2n) is 9.81. The van der Waals surface area contributed by atoms with Gasteiger partial charge in [-0.3, -0.25) is 9.78 Å². The first-order valence-corrected chi connectivity index (χ1v) is 11.7. The maximum Gasteiger partial charge on any atom is 0.407 e. The van der Waals surface area contributed by atoms with E-state index in [1.54, 1.807) is 12.3 Å². The molecule has 2 aromatic rings. The average molecular weight is 453 g/mol. The fourth-order valence-electron chi connectivity index (χ4n) is 4.06. The SMILES string of the molecule is CC(C)(C)OC(=O)NCC1CCC(CNC(=O)c2ccnc(-c3ccc(CN)cc3)c2)CC1. The first-order chi connectivity index (χ1) is 15.7. The summed E-state index contributed by atoms with van der Waals surface area (Å²) in [6.45, 7) is 7.38. The molecule has 1 heterocycles. The van der Waals surface area contributed by atoms with Gasteiger partial charge in [-0.1, -0.05) is 24.3 Å². The van der Waals surface area contributed by atoms with Gasteiger partial charge in [0.1, 0.15) is 5.60 Å². The minimum atomic E-state index is -0.482. The van der Waals surface area contributed by atoms with E-state index in [-0.39, 0.29) is 12.0 Å². The Morgan fingerprint density at radius 1 is 1.00 bits per heavy atom. The number of nitrogens with two attached hydrogens (primary N) is 1. The highest BCUT2D eigenvalue weighted by molar-refractivity contribution is 5.95. The lowest BCUT2D eigenvalue weighted by Gasteiger charge is -2.29. The molecule has 0 saturated heterocycles. The smallest absolute Gasteiger partial charge is 0.407 e. The molecule has 1 aliphatic carbocycles. The number of hydrogen-bond donors (Lipinski definition) is 3. The molecule has 0 unspecified atom stereocenters. The van der Waals surface area contributed by atoms with Gasteiger partial charge in [0, 0.05) is 37.0 Å². The van der Waals surface area contributed by atoms with Crippen LogP contribution in [0.5, 0.6) is 0 Å². The van der Waals surface area contributed by atoms with E-state index in [9.17, 15) is 9.59 Å². The molecule has 4 N–H and O–H groups in total. The zero-order valence-corrected chi connectivity index (χ0v) is 19.9. The molecule has 178 valence electrons. The molecule has 0 spiro atoms. The van der Waals surface area contributed by atoms with Crippen molar-refractivity contribution in [1.29, 1.82) is 0 Å². The number of nitrogens with one attached hydrogen (secondary N) is 2. The van der Waals surface area contributed by atoms with Crippen LogP contribution in [0.2, 0.25) is 0 Å². The number of pyridine rings is 1. The zero-order chi connectivity index (χ0) is 23.8. The van der Waals surface area contributed by atoms with Crippen LogP contribution in [0.4, 0.5) is 4.79 Å². The highest BCUT2D eigenvalue weighted by Gasteiger charge is 2.23. The summed E-state index contributed by atoms with van der Waals surface area (Å²) in [5.74, 6) is 0.834. The lowest BCUT2D eigenvalue weighted by atomic mass is 9.82. The van der Waals surface area contributed by atoms with Gasteiger partial charge >= 0.3 is 6.09 Å². The van der Waals surface area contributed by atoms with E-state index in [1.807, 2.05) is 51.1 Å². The van der Waals surface area contributed by atoms with Crippen molar-refractivity contribution in [2.75, 3.05) is 13.1 Å². The summed E-state index contributed by atoms with van der Waals surface area (Å²) in [5, 5.41) is 5.96. The first-order valence-electron chi connectivity index (χ1n) is 11.7. The van der Waals surface area contributed by atoms with E-state index >= 15 is 0 Å². The van der Waals surface area contributed by atoms with Crippen molar-refractivity contribution in [1.82, 2.24) is 15.6 Å². The Balaban J connectivity index is 1.43. The van der Waals surface area contributed by atoms with E-state index in [0.29, 0.717) is 37.0 Å². The summed E-state index contributed by atoms with van der Waals surface area (Å²) in [4.78, 5) is 28.9. The Hall–Kier alpha value is -2.93. The first kappa shape index (κ1) is 24.7. The molecule has 1 aliphatic rings. The maximum absolute atomic E-state index is 12.7. The number of ether oxygens (including phenoxy) is 1. The van der Waals surface area contributed by atoms with E-state index in [1.165, 1.54) is 0 Å². The van der Waals surface area contributed by atoms with Crippen molar-refractivity contribution in [3.05, 3.63) is 53.7 Å². The van der Waals surface area contributed by atoms with Crippen molar-refractivity contribution < 1.29 is 14.3 Å². The quantitative estimate of drug-likeness (QED) is 0.582. The second kappa shape index (κ2) is 11.3. The minimum Gasteiger partial charge on any atom is -0.444 e. The molecule has 2 amide bonds. The van der Waals surface area contributed by atoms with Gasteiger partial charge < -0.3 is 21.1 Å². The van der Waals surface area contributed by atoms with Crippen LogP contribution in [0.15, 0.2) is 42.6 Å². The number of rotatable bonds is 7. The van der Waals surface area contributed by atoms with Crippen LogP contribution >= 0.6 is 0 Å². The molecule has 1 saturated carbocycles. The van der Waals surface area contributed by atoms with Gasteiger partial charge in [0.05, 0.1) is 5.69 Å². The van der Waals surface area contributed by atoms with Gasteiger partial charge in [-0.25, -0.2) is 4.79 Å². The number of nitrogens with zero attached hydrogens (tertiary/aromatic N) is 1. The number of aromatic nitrogens is 1. The zero-order valence-electron chi connectivity index (χ0n) is 19.9. The van der Waals surface area contributed by atoms with Gasteiger partial charge in [-0.05, 0) is 76.0 Å². The Kier molecular flexibility index (Phi) is 8.44. The summed E-state index contributed by atoms with van der Waals surface area (Å²) in [6.07, 6.45) is 5.46. The van der Waals surface area contributed by atoms with Crippen molar-refractivity contribution in [3.8, 4) is 11.3 Å². The van der Waals surface area contributed by atoms with Gasteiger partial charge in [0.2, 0.25) is 0 Å². The number of hydrogen-bond acceptors (Lipinski definition) is 5. The molecule has 1 aromatic carbocycles. The Morgan fingerprint density at radius 2 is 1.61 bits per heavy atom. The predicted molar refractivity (Wildman–Crippen MR) is 130 cm³/mol. The topological polar surface area (TPSA) is 106 Å². The number of carbonyl (C=O) groups excluding carboxylic acids is 2. The van der Waals surface area contributed by atoms with Crippen LogP contribution in [0.1, 0.15) is 62.4 Å². The average Bonchev–Trinajstić information content (AvgIpc) is 2.81. The second-order valence-corrected chi connectivity index (χ2v) is 9.81. The summed E-state index contributed by atoms with van der Waals surface area (Å²) in [5.41, 5.74) is 8.57. The fourth-order valence-corrected chi connectivity index (χ4v) is 4.06. The Bertz CT molecular complexity index is 929. The van der Waals surface area contributed by atoms with Gasteiger partial charge in [-0.15, -0.1) is 0 Å². The van der Waals surface area contributed by atoms with Crippen molar-refractivity contribution in [2.45, 2.75) is 58.6 Å². The molecule has 1 aromatic heterocycles. The number of alkyl carbamates (subject to hydrolysis) is 1. The molecule has 0 aliphatic heterocycles. The molecule has 7 nitrogen and oxygen atoms in total. The van der Waals surface area contributed by atoms with Crippen LogP contribution in [-0.2, 0) is 11.3 Å². The largest absolute Gasteiger partial charge is 0.444 e. The Labute approximate surface area is 196 Å². The van der Waals surface area contributed by atoms with Crippen LogP contribution in [0.3, 0.4) is 0 Å². The highest BCUT2D eigenvalue weighted by atomic mass is 16.6. The third kappa shape index (κ3) is 7.86. The van der Waals surface area contributed by atoms with Gasteiger partial charge in [-0.2, -0.15) is 0 Å². The molecule has 3 rings (SSSR count).